The molecule has 164 valence electrons. The minimum Gasteiger partial charge on any atom is -0.381 e. The molecule has 4 aliphatic rings. The summed E-state index contributed by atoms with van der Waals surface area (Å²) in [5.41, 5.74) is 1.72. The number of ketones is 2. The summed E-state index contributed by atoms with van der Waals surface area (Å²) in [7, 11) is -4.16. The number of rotatable bonds is 4. The van der Waals surface area contributed by atoms with Crippen LogP contribution in [0, 0.1) is 22.2 Å². The van der Waals surface area contributed by atoms with Crippen LogP contribution in [-0.2, 0) is 19.7 Å². The van der Waals surface area contributed by atoms with Gasteiger partial charge in [0.05, 0.1) is 11.4 Å². The zero-order valence-electron chi connectivity index (χ0n) is 18.0. The lowest BCUT2D eigenvalue weighted by Crippen LogP contribution is -2.59. The minimum atomic E-state index is -4.16. The first-order valence-corrected chi connectivity index (χ1v) is 12.4. The van der Waals surface area contributed by atoms with Crippen molar-refractivity contribution in [1.82, 2.24) is 5.32 Å². The summed E-state index contributed by atoms with van der Waals surface area (Å²) in [6.07, 6.45) is 6.67. The highest BCUT2D eigenvalue weighted by atomic mass is 32.2. The average molecular weight is 434 g/mol. The lowest BCUT2D eigenvalue weighted by Gasteiger charge is -2.65. The third kappa shape index (κ3) is 2.67. The molecule has 0 bridgehead atoms. The minimum absolute atomic E-state index is 0.128. The summed E-state index contributed by atoms with van der Waals surface area (Å²) < 4.78 is 31.1. The van der Waals surface area contributed by atoms with Crippen LogP contribution in [0.3, 0.4) is 0 Å². The first kappa shape index (κ1) is 21.5. The summed E-state index contributed by atoms with van der Waals surface area (Å²) in [4.78, 5) is 26.9. The quantitative estimate of drug-likeness (QED) is 0.401. The molecule has 0 aromatic carbocycles. The smallest absolute Gasteiger partial charge is 0.266 e. The van der Waals surface area contributed by atoms with Crippen molar-refractivity contribution in [1.29, 1.82) is 0 Å². The highest BCUT2D eigenvalue weighted by Crippen LogP contribution is 2.76. The first-order chi connectivity index (χ1) is 13.9. The van der Waals surface area contributed by atoms with Crippen LogP contribution >= 0.6 is 0 Å². The molecule has 0 amide bonds. The molecular formula is C23H31NO5S. The number of carbonyl (C=O) groups is 2. The number of carbonyl (C=O) groups excluding carboxylic acids is 2. The lowest BCUT2D eigenvalue weighted by molar-refractivity contribution is -0.127. The normalized spacial score (nSPS) is 38.7. The van der Waals surface area contributed by atoms with Gasteiger partial charge in [0.2, 0.25) is 5.78 Å². The molecule has 0 unspecified atom stereocenters. The molecule has 4 rings (SSSR count). The van der Waals surface area contributed by atoms with Gasteiger partial charge < -0.3 is 5.32 Å². The van der Waals surface area contributed by atoms with E-state index in [1.807, 2.05) is 0 Å². The second kappa shape index (κ2) is 6.63. The Balaban J connectivity index is 1.80. The molecular weight excluding hydrogens is 402 g/mol. The molecule has 0 saturated heterocycles. The largest absolute Gasteiger partial charge is 0.381 e. The van der Waals surface area contributed by atoms with Gasteiger partial charge in [-0.05, 0) is 55.3 Å². The van der Waals surface area contributed by atoms with Crippen LogP contribution in [0.1, 0.15) is 59.3 Å². The molecule has 0 heterocycles. The van der Waals surface area contributed by atoms with Crippen LogP contribution in [0.5, 0.6) is 0 Å². The maximum Gasteiger partial charge on any atom is 0.266 e. The van der Waals surface area contributed by atoms with Crippen molar-refractivity contribution in [3.8, 4) is 0 Å². The summed E-state index contributed by atoms with van der Waals surface area (Å²) in [6, 6.07) is 0. The maximum absolute atomic E-state index is 13.7. The van der Waals surface area contributed by atoms with Crippen LogP contribution in [0.4, 0.5) is 0 Å². The predicted octanol–water partition coefficient (Wildman–Crippen LogP) is 3.37. The van der Waals surface area contributed by atoms with Crippen LogP contribution < -0.4 is 5.32 Å². The number of allylic oxidation sites excluding steroid dienone is 4. The monoisotopic (exact) mass is 433 g/mol. The molecule has 7 heteroatoms. The van der Waals surface area contributed by atoms with E-state index in [4.69, 9.17) is 4.55 Å². The highest BCUT2D eigenvalue weighted by Gasteiger charge is 2.71. The van der Waals surface area contributed by atoms with Gasteiger partial charge in [-0.3, -0.25) is 14.1 Å². The number of hydrogen-bond donors (Lipinski definition) is 2. The molecule has 0 aromatic rings. The number of Topliss-reactive ketones (excluding diaryl/α,β-unsaturated/α-hetero) is 1. The first-order valence-electron chi connectivity index (χ1n) is 10.8. The van der Waals surface area contributed by atoms with Crippen molar-refractivity contribution in [3.63, 3.8) is 0 Å². The van der Waals surface area contributed by atoms with E-state index in [0.717, 1.165) is 32.1 Å². The van der Waals surface area contributed by atoms with Crippen molar-refractivity contribution in [2.75, 3.05) is 12.3 Å². The second-order valence-electron chi connectivity index (χ2n) is 10.0. The summed E-state index contributed by atoms with van der Waals surface area (Å²) in [5, 5.41) is 2.80. The molecule has 2 saturated carbocycles. The fourth-order valence-corrected chi connectivity index (χ4v) is 7.46. The van der Waals surface area contributed by atoms with Crippen LogP contribution in [-0.4, -0.2) is 36.8 Å². The fourth-order valence-electron chi connectivity index (χ4n) is 7.10. The molecule has 0 aliphatic heterocycles. The summed E-state index contributed by atoms with van der Waals surface area (Å²) >= 11 is 0. The van der Waals surface area contributed by atoms with Gasteiger partial charge in [-0.25, -0.2) is 0 Å². The zero-order valence-corrected chi connectivity index (χ0v) is 18.8. The fraction of sp³-hybridized carbons (Fsp3) is 0.652. The van der Waals surface area contributed by atoms with E-state index < -0.39 is 21.3 Å². The molecule has 2 fully saturated rings. The molecule has 0 aromatic heterocycles. The number of nitrogens with one attached hydrogen (secondary N) is 1. The van der Waals surface area contributed by atoms with Gasteiger partial charge in [0.25, 0.3) is 10.1 Å². The second-order valence-corrected chi connectivity index (χ2v) is 11.6. The topological polar surface area (TPSA) is 101 Å². The van der Waals surface area contributed by atoms with Crippen LogP contribution in [0.15, 0.2) is 35.1 Å². The van der Waals surface area contributed by atoms with Gasteiger partial charge >= 0.3 is 0 Å². The van der Waals surface area contributed by atoms with Gasteiger partial charge in [0.1, 0.15) is 0 Å². The van der Waals surface area contributed by atoms with E-state index in [-0.39, 0.29) is 34.6 Å². The zero-order chi connectivity index (χ0) is 22.1. The van der Waals surface area contributed by atoms with E-state index in [2.05, 4.69) is 32.7 Å². The predicted molar refractivity (Wildman–Crippen MR) is 114 cm³/mol. The Kier molecular flexibility index (Phi) is 4.75. The molecule has 0 radical (unpaired) electrons. The van der Waals surface area contributed by atoms with E-state index in [1.54, 1.807) is 0 Å². The van der Waals surface area contributed by atoms with E-state index >= 15 is 0 Å². The molecule has 4 atom stereocenters. The van der Waals surface area contributed by atoms with Gasteiger partial charge in [0, 0.05) is 29.2 Å². The van der Waals surface area contributed by atoms with Gasteiger partial charge in [-0.15, -0.1) is 0 Å². The van der Waals surface area contributed by atoms with Crippen molar-refractivity contribution in [3.05, 3.63) is 35.1 Å². The maximum atomic E-state index is 13.7. The van der Waals surface area contributed by atoms with Crippen molar-refractivity contribution in [2.24, 2.45) is 22.2 Å². The Hall–Kier alpha value is -1.73. The molecule has 1 spiro atoms. The molecule has 6 nitrogen and oxygen atoms in total. The Morgan fingerprint density at radius 2 is 1.97 bits per heavy atom. The van der Waals surface area contributed by atoms with E-state index in [1.165, 1.54) is 11.6 Å². The molecule has 4 aliphatic carbocycles. The number of hydrogen-bond acceptors (Lipinski definition) is 5. The third-order valence-corrected chi connectivity index (χ3v) is 9.61. The van der Waals surface area contributed by atoms with E-state index in [9.17, 15) is 18.0 Å². The third-order valence-electron chi connectivity index (χ3n) is 8.89. The van der Waals surface area contributed by atoms with Crippen LogP contribution in [0.25, 0.3) is 0 Å². The van der Waals surface area contributed by atoms with Crippen molar-refractivity contribution >= 4 is 21.7 Å². The van der Waals surface area contributed by atoms with Crippen LogP contribution in [0.2, 0.25) is 0 Å². The Morgan fingerprint density at radius 1 is 1.27 bits per heavy atom. The SMILES string of the molecule is C=C1CCC[C@@]23C4=C(C[C@]2(C)[C@@H](C)CC[C@@]13C)C(=O)C=C(NCCS(=O)(=O)O)C4=O. The summed E-state index contributed by atoms with van der Waals surface area (Å²) in [6.45, 7) is 11.0. The Morgan fingerprint density at radius 3 is 2.63 bits per heavy atom. The standard InChI is InChI=1S/C23H31NO5S/c1-14-6-5-8-23-19-16(13-22(23,4)15(2)7-9-21(14,23)3)18(25)12-17(20(19)26)24-10-11-30(27,28)29/h12,15,24H,1,5-11,13H2,2-4H3,(H,27,28,29)/t15-,21-,22+,23-/m0/s1. The van der Waals surface area contributed by atoms with Gasteiger partial charge in [-0.1, -0.05) is 32.9 Å². The van der Waals surface area contributed by atoms with E-state index in [0.29, 0.717) is 23.5 Å². The molecule has 2 N–H and O–H groups in total. The summed E-state index contributed by atoms with van der Waals surface area (Å²) in [5.74, 6) is -0.501. The van der Waals surface area contributed by atoms with Gasteiger partial charge in [0.15, 0.2) is 5.78 Å². The van der Waals surface area contributed by atoms with Crippen molar-refractivity contribution in [2.45, 2.75) is 59.3 Å². The lowest BCUT2D eigenvalue weighted by atomic mass is 9.38. The Labute approximate surface area is 178 Å². The Bertz CT molecular complexity index is 1020. The van der Waals surface area contributed by atoms with Gasteiger partial charge in [-0.2, -0.15) is 8.42 Å². The van der Waals surface area contributed by atoms with Crippen molar-refractivity contribution < 1.29 is 22.6 Å². The highest BCUT2D eigenvalue weighted by molar-refractivity contribution is 7.85. The average Bonchev–Trinajstić information content (AvgIpc) is 2.93. The molecule has 30 heavy (non-hydrogen) atoms.